The molecule has 5 heterocycles. The van der Waals surface area contributed by atoms with Crippen molar-refractivity contribution in [3.63, 3.8) is 0 Å². The average molecular weight is 1040 g/mol. The van der Waals surface area contributed by atoms with E-state index in [2.05, 4.69) is 29.9 Å². The molecular weight excluding hydrogens is 979 g/mol. The van der Waals surface area contributed by atoms with E-state index in [1.54, 1.807) is 43.0 Å². The molecule has 388 valence electrons. The van der Waals surface area contributed by atoms with Crippen LogP contribution in [-0.4, -0.2) is 72.5 Å². The van der Waals surface area contributed by atoms with E-state index in [1.165, 1.54) is 70.5 Å². The first-order valence-electron chi connectivity index (χ1n) is 23.1. The van der Waals surface area contributed by atoms with E-state index in [9.17, 15) is 35.5 Å². The molecule has 2 amide bonds. The Kier molecular flexibility index (Phi) is 18.3. The Labute approximate surface area is 425 Å². The summed E-state index contributed by atoms with van der Waals surface area (Å²) < 4.78 is 87.0. The number of halogens is 2. The molecular formula is C51H62F2N12O6S2. The molecule has 0 fully saturated rings. The molecule has 73 heavy (non-hydrogen) atoms. The molecule has 0 aliphatic rings. The number of nitrogens with one attached hydrogen (secondary N) is 2. The van der Waals surface area contributed by atoms with E-state index in [0.29, 0.717) is 28.1 Å². The Balaban J connectivity index is 0.000000212. The third-order valence-electron chi connectivity index (χ3n) is 11.2. The fourth-order valence-corrected chi connectivity index (χ4v) is 8.78. The second-order valence-electron chi connectivity index (χ2n) is 18.3. The van der Waals surface area contributed by atoms with Gasteiger partial charge in [0.15, 0.2) is 5.03 Å². The van der Waals surface area contributed by atoms with Gasteiger partial charge in [-0.3, -0.25) is 19.3 Å². The zero-order chi connectivity index (χ0) is 54.1. The van der Waals surface area contributed by atoms with E-state index in [1.807, 2.05) is 99.0 Å². The summed E-state index contributed by atoms with van der Waals surface area (Å²) in [7, 11) is -4.61. The molecule has 18 nitrogen and oxygen atoms in total. The number of anilines is 3. The van der Waals surface area contributed by atoms with Gasteiger partial charge in [0.05, 0.1) is 18.1 Å². The number of nitrogens with zero attached hydrogens (tertiary/aromatic N) is 9. The number of carbonyl (C=O) groups excluding carboxylic acids is 1. The summed E-state index contributed by atoms with van der Waals surface area (Å²) >= 11 is 0. The van der Waals surface area contributed by atoms with Gasteiger partial charge in [0.2, 0.25) is 5.03 Å². The van der Waals surface area contributed by atoms with Crippen LogP contribution in [0.3, 0.4) is 0 Å². The van der Waals surface area contributed by atoms with Gasteiger partial charge in [0, 0.05) is 114 Å². The van der Waals surface area contributed by atoms with Crippen molar-refractivity contribution in [2.24, 2.45) is 4.40 Å². The minimum atomic E-state index is -4.20. The van der Waals surface area contributed by atoms with Crippen LogP contribution in [0, 0.1) is 25.5 Å². The van der Waals surface area contributed by atoms with Crippen LogP contribution >= 0.6 is 0 Å². The van der Waals surface area contributed by atoms with Crippen molar-refractivity contribution in [1.29, 1.82) is 0 Å². The number of hydrogen-bond donors (Lipinski definition) is 3. The summed E-state index contributed by atoms with van der Waals surface area (Å²) in [5, 5.41) is 22.1. The highest BCUT2D eigenvalue weighted by Gasteiger charge is 2.26. The number of rotatable bonds is 12. The van der Waals surface area contributed by atoms with Gasteiger partial charge in [0.25, 0.3) is 16.0 Å². The zero-order valence-corrected chi connectivity index (χ0v) is 44.5. The van der Waals surface area contributed by atoms with Crippen LogP contribution in [0.1, 0.15) is 102 Å². The van der Waals surface area contributed by atoms with E-state index >= 15 is 0 Å². The molecule has 0 atom stereocenters. The van der Waals surface area contributed by atoms with Crippen molar-refractivity contribution in [2.45, 2.75) is 103 Å². The monoisotopic (exact) mass is 1040 g/mol. The molecule has 5 aromatic heterocycles. The number of urea groups is 1. The molecule has 7 aromatic rings. The normalized spacial score (nSPS) is 11.8. The van der Waals surface area contributed by atoms with Crippen LogP contribution in [0.25, 0.3) is 22.3 Å². The number of hydrogen-bond acceptors (Lipinski definition) is 12. The summed E-state index contributed by atoms with van der Waals surface area (Å²) in [6.07, 6.45) is 12.6. The third-order valence-corrected chi connectivity index (χ3v) is 13.6. The second-order valence-corrected chi connectivity index (χ2v) is 21.5. The summed E-state index contributed by atoms with van der Waals surface area (Å²) in [6.45, 7) is 19.0. The summed E-state index contributed by atoms with van der Waals surface area (Å²) in [6, 6.07) is 13.4. The largest absolute Gasteiger partial charge is 0.806 e. The van der Waals surface area contributed by atoms with E-state index in [0.717, 1.165) is 38.1 Å². The van der Waals surface area contributed by atoms with Gasteiger partial charge in [-0.15, -0.1) is 0 Å². The molecule has 0 radical (unpaired) electrons. The maximum Gasteiger partial charge on any atom is 0.388 e. The van der Waals surface area contributed by atoms with Crippen LogP contribution in [0.2, 0.25) is 0 Å². The Morgan fingerprint density at radius 1 is 0.712 bits per heavy atom. The second kappa shape index (κ2) is 23.8. The minimum absolute atomic E-state index is 0.0163. The molecule has 4 N–H and O–H groups in total. The standard InChI is InChI=1S/C22H26FN5O3S.C15H17FN2.C14H19N5O3S/c1-13(2)17-10-16(23)11-18(19-12-24-8-6-15(19)5)21(17)25-22(29)27-32(30,31)20-7-9-28(26-20)14(3)4;1-9(2)12-6-11(16)7-13(15(12)17)14-8-18-5-4-10(14)3;1-11(2)19-10-7-13(15-19)23(21,22)16-14(20)18-8-5-12(6-9-18)17(3)4/h6-14H,1-5H3,(H2,25,27,29);4-9H,17H2,1-3H3;5-11H,1-4H3. The van der Waals surface area contributed by atoms with Crippen molar-refractivity contribution in [2.75, 3.05) is 30.0 Å². The summed E-state index contributed by atoms with van der Waals surface area (Å²) in [5.74, 6) is -0.678. The number of nitrogen functional groups attached to an aromatic ring is 1. The third kappa shape index (κ3) is 14.3. The highest BCUT2D eigenvalue weighted by Crippen LogP contribution is 2.38. The van der Waals surface area contributed by atoms with Gasteiger partial charge in [-0.25, -0.2) is 22.9 Å². The van der Waals surface area contributed by atoms with Gasteiger partial charge >= 0.3 is 16.1 Å². The molecule has 2 aromatic carbocycles. The van der Waals surface area contributed by atoms with Crippen molar-refractivity contribution >= 4 is 49.2 Å². The smallest absolute Gasteiger partial charge is 0.388 e. The average Bonchev–Trinajstić information content (AvgIpc) is 4.04. The molecule has 22 heteroatoms. The maximum absolute atomic E-state index is 14.4. The SMILES string of the molecule is CC(C)n1ccc(S(=O)(=O)N=C([O-])[n+]2ccc(N(C)C)cc2)n1.Cc1ccncc1-c1cc(F)cc(C(C)C)c1N.Cc1ccncc1-c1cc(F)cc(C(C)C)c1NC(=O)NS(=O)(=O)c1ccn(C(C)C)n1. The summed E-state index contributed by atoms with van der Waals surface area (Å²) in [4.78, 5) is 22.8. The van der Waals surface area contributed by atoms with E-state index in [4.69, 9.17) is 5.73 Å². The van der Waals surface area contributed by atoms with Crippen LogP contribution in [0.5, 0.6) is 0 Å². The molecule has 7 rings (SSSR count). The topological polar surface area (TPSA) is 239 Å². The molecule has 0 aliphatic carbocycles. The first-order valence-corrected chi connectivity index (χ1v) is 26.0. The van der Waals surface area contributed by atoms with Crippen LogP contribution in [0.15, 0.2) is 125 Å². The highest BCUT2D eigenvalue weighted by molar-refractivity contribution is 7.90. The molecule has 0 saturated heterocycles. The number of aryl methyl sites for hydroxylation is 2. The van der Waals surface area contributed by atoms with E-state index < -0.39 is 37.9 Å². The van der Waals surface area contributed by atoms with Gasteiger partial charge in [-0.2, -0.15) is 27.0 Å². The summed E-state index contributed by atoms with van der Waals surface area (Å²) in [5.41, 5.74) is 13.9. The van der Waals surface area contributed by atoms with Crippen molar-refractivity contribution in [3.05, 3.63) is 144 Å². The lowest BCUT2D eigenvalue weighted by atomic mass is 9.93. The molecule has 0 aliphatic heterocycles. The van der Waals surface area contributed by atoms with Gasteiger partial charge in [-0.1, -0.05) is 27.7 Å². The van der Waals surface area contributed by atoms with E-state index in [-0.39, 0.29) is 39.8 Å². The fraction of sp³-hybridized carbons (Fsp3) is 0.314. The lowest BCUT2D eigenvalue weighted by molar-refractivity contribution is -0.613. The van der Waals surface area contributed by atoms with Crippen LogP contribution < -0.4 is 30.3 Å². The number of sulfonamides is 2. The first kappa shape index (κ1) is 56.3. The number of aromatic nitrogens is 7. The molecule has 0 unspecified atom stereocenters. The molecule has 0 bridgehead atoms. The predicted molar refractivity (Wildman–Crippen MR) is 277 cm³/mol. The number of amides is 2. The maximum atomic E-state index is 14.4. The number of pyridine rings is 3. The number of carbonyl (C=O) groups is 1. The number of benzene rings is 2. The Morgan fingerprint density at radius 2 is 1.19 bits per heavy atom. The van der Waals surface area contributed by atoms with Crippen molar-refractivity contribution in [3.8, 4) is 22.3 Å². The molecule has 0 spiro atoms. The van der Waals surface area contributed by atoms with Gasteiger partial charge < -0.3 is 21.1 Å². The molecule has 0 saturated carbocycles. The Morgan fingerprint density at radius 3 is 1.67 bits per heavy atom. The lowest BCUT2D eigenvalue weighted by Gasteiger charge is -2.19. The Hall–Kier alpha value is -7.59. The predicted octanol–water partition coefficient (Wildman–Crippen LogP) is 8.28. The van der Waals surface area contributed by atoms with Gasteiger partial charge in [0.1, 0.15) is 11.6 Å². The lowest BCUT2D eigenvalue weighted by Crippen LogP contribution is -2.51. The number of nitrogens with two attached hydrogens (primary N) is 1. The van der Waals surface area contributed by atoms with Crippen molar-refractivity contribution < 1.29 is 40.1 Å². The van der Waals surface area contributed by atoms with Crippen molar-refractivity contribution in [1.82, 2.24) is 34.3 Å². The van der Waals surface area contributed by atoms with Gasteiger partial charge in [-0.05, 0) is 124 Å². The van der Waals surface area contributed by atoms with Crippen LogP contribution in [-0.2, 0) is 20.0 Å². The first-order chi connectivity index (χ1) is 34.2. The highest BCUT2D eigenvalue weighted by atomic mass is 32.2. The van der Waals surface area contributed by atoms with Crippen LogP contribution in [0.4, 0.5) is 30.6 Å². The zero-order valence-electron chi connectivity index (χ0n) is 42.8. The minimum Gasteiger partial charge on any atom is -0.806 e. The Bertz CT molecular complexity index is 3320. The quantitative estimate of drug-likeness (QED) is 0.0454. The fourth-order valence-electron chi connectivity index (χ4n) is 7.12.